The van der Waals surface area contributed by atoms with Crippen molar-refractivity contribution in [2.75, 3.05) is 11.9 Å². The zero-order valence-corrected chi connectivity index (χ0v) is 14.6. The number of phenolic OH excluding ortho intramolecular Hbond substituents is 1. The number of hydrogen-bond donors (Lipinski definition) is 1. The summed E-state index contributed by atoms with van der Waals surface area (Å²) >= 11 is 3.47. The lowest BCUT2D eigenvalue weighted by molar-refractivity contribution is 0.473. The number of phenols is 1. The summed E-state index contributed by atoms with van der Waals surface area (Å²) in [7, 11) is 1.93. The van der Waals surface area contributed by atoms with Gasteiger partial charge in [0.1, 0.15) is 18.1 Å². The molecule has 0 bridgehead atoms. The van der Waals surface area contributed by atoms with Crippen LogP contribution in [-0.2, 0) is 0 Å². The van der Waals surface area contributed by atoms with Gasteiger partial charge in [-0.25, -0.2) is 4.68 Å². The highest BCUT2D eigenvalue weighted by Gasteiger charge is 2.28. The van der Waals surface area contributed by atoms with Crippen molar-refractivity contribution in [2.45, 2.75) is 6.04 Å². The van der Waals surface area contributed by atoms with E-state index >= 15 is 0 Å². The average molecular weight is 383 g/mol. The van der Waals surface area contributed by atoms with Crippen molar-refractivity contribution < 1.29 is 5.11 Å². The van der Waals surface area contributed by atoms with Crippen LogP contribution in [0.4, 0.5) is 5.95 Å². The van der Waals surface area contributed by atoms with Gasteiger partial charge in [-0.05, 0) is 35.9 Å². The minimum Gasteiger partial charge on any atom is -0.507 e. The summed E-state index contributed by atoms with van der Waals surface area (Å²) in [6.07, 6.45) is 3.65. The van der Waals surface area contributed by atoms with Gasteiger partial charge in [-0.1, -0.05) is 40.2 Å². The monoisotopic (exact) mass is 382 g/mol. The van der Waals surface area contributed by atoms with Gasteiger partial charge in [0, 0.05) is 17.1 Å². The first-order valence-corrected chi connectivity index (χ1v) is 8.33. The van der Waals surface area contributed by atoms with E-state index in [0.29, 0.717) is 0 Å². The number of rotatable bonds is 2. The lowest BCUT2D eigenvalue weighted by Gasteiger charge is -2.31. The quantitative estimate of drug-likeness (QED) is 0.731. The molecule has 0 radical (unpaired) electrons. The second-order valence-corrected chi connectivity index (χ2v) is 6.54. The molecule has 1 aliphatic rings. The van der Waals surface area contributed by atoms with E-state index in [-0.39, 0.29) is 11.8 Å². The van der Waals surface area contributed by atoms with Crippen LogP contribution >= 0.6 is 15.9 Å². The summed E-state index contributed by atoms with van der Waals surface area (Å²) in [6, 6.07) is 15.4. The summed E-state index contributed by atoms with van der Waals surface area (Å²) < 4.78 is 2.91. The molecule has 1 atom stereocenters. The number of allylic oxidation sites excluding steroid dienone is 1. The van der Waals surface area contributed by atoms with Gasteiger partial charge in [0.05, 0.1) is 5.70 Å². The smallest absolute Gasteiger partial charge is 0.228 e. The minimum atomic E-state index is -0.0820. The fraction of sp³-hybridized carbons (Fsp3) is 0.111. The van der Waals surface area contributed by atoms with Crippen LogP contribution in [0, 0.1) is 0 Å². The molecule has 2 heterocycles. The Kier molecular flexibility index (Phi) is 3.61. The van der Waals surface area contributed by atoms with Crippen LogP contribution in [0.5, 0.6) is 5.75 Å². The summed E-state index contributed by atoms with van der Waals surface area (Å²) in [6.45, 7) is 0. The summed E-state index contributed by atoms with van der Waals surface area (Å²) in [5.41, 5.74) is 2.78. The number of para-hydroxylation sites is 1. The molecular weight excluding hydrogens is 368 g/mol. The molecule has 1 aromatic heterocycles. The van der Waals surface area contributed by atoms with Crippen molar-refractivity contribution in [1.29, 1.82) is 0 Å². The number of benzene rings is 2. The molecule has 0 saturated heterocycles. The molecule has 1 unspecified atom stereocenters. The molecule has 0 amide bonds. The van der Waals surface area contributed by atoms with Crippen molar-refractivity contribution in [3.05, 3.63) is 76.5 Å². The molecule has 0 saturated carbocycles. The van der Waals surface area contributed by atoms with Gasteiger partial charge < -0.3 is 10.0 Å². The predicted octanol–water partition coefficient (Wildman–Crippen LogP) is 3.83. The molecule has 24 heavy (non-hydrogen) atoms. The van der Waals surface area contributed by atoms with Crippen molar-refractivity contribution in [1.82, 2.24) is 14.8 Å². The fourth-order valence-corrected chi connectivity index (χ4v) is 3.24. The van der Waals surface area contributed by atoms with E-state index < -0.39 is 0 Å². The lowest BCUT2D eigenvalue weighted by Crippen LogP contribution is -2.28. The van der Waals surface area contributed by atoms with Gasteiger partial charge >= 0.3 is 0 Å². The molecule has 0 fully saturated rings. The Balaban J connectivity index is 1.88. The second kappa shape index (κ2) is 5.79. The van der Waals surface area contributed by atoms with Crippen LogP contribution in [0.1, 0.15) is 17.2 Å². The topological polar surface area (TPSA) is 54.2 Å². The highest BCUT2D eigenvalue weighted by molar-refractivity contribution is 9.10. The SMILES string of the molecule is CN1C(c2ccccc2O)=CC(c2ccc(Br)cc2)n2ncnc21. The number of halogens is 1. The number of fused-ring (bicyclic) bond motifs is 1. The molecule has 1 N–H and O–H groups in total. The average Bonchev–Trinajstić information content (AvgIpc) is 3.07. The van der Waals surface area contributed by atoms with Gasteiger partial charge in [0.15, 0.2) is 0 Å². The van der Waals surface area contributed by atoms with Crippen LogP contribution in [0.3, 0.4) is 0 Å². The Morgan fingerprint density at radius 1 is 1.08 bits per heavy atom. The van der Waals surface area contributed by atoms with Gasteiger partial charge in [-0.3, -0.25) is 0 Å². The minimum absolute atomic E-state index is 0.0820. The molecule has 4 rings (SSSR count). The first-order valence-electron chi connectivity index (χ1n) is 7.54. The van der Waals surface area contributed by atoms with E-state index in [4.69, 9.17) is 0 Å². The Labute approximate surface area is 148 Å². The third-order valence-electron chi connectivity index (χ3n) is 4.19. The lowest BCUT2D eigenvalue weighted by atomic mass is 10.0. The van der Waals surface area contributed by atoms with Gasteiger partial charge in [-0.2, -0.15) is 10.1 Å². The highest BCUT2D eigenvalue weighted by Crippen LogP contribution is 2.38. The first-order chi connectivity index (χ1) is 11.6. The zero-order valence-electron chi connectivity index (χ0n) is 13.0. The number of hydrogen-bond acceptors (Lipinski definition) is 4. The van der Waals surface area contributed by atoms with Crippen LogP contribution in [0.25, 0.3) is 5.70 Å². The van der Waals surface area contributed by atoms with Gasteiger partial charge in [0.2, 0.25) is 5.95 Å². The molecule has 1 aliphatic heterocycles. The van der Waals surface area contributed by atoms with E-state index in [1.165, 1.54) is 0 Å². The van der Waals surface area contributed by atoms with Crippen LogP contribution in [-0.4, -0.2) is 26.9 Å². The normalized spacial score (nSPS) is 16.7. The number of anilines is 1. The van der Waals surface area contributed by atoms with Crippen LogP contribution in [0.15, 0.2) is 65.4 Å². The van der Waals surface area contributed by atoms with E-state index in [1.807, 2.05) is 47.0 Å². The Morgan fingerprint density at radius 2 is 1.83 bits per heavy atom. The summed E-state index contributed by atoms with van der Waals surface area (Å²) in [5, 5.41) is 14.6. The molecule has 0 spiro atoms. The Morgan fingerprint density at radius 3 is 2.58 bits per heavy atom. The maximum Gasteiger partial charge on any atom is 0.228 e. The van der Waals surface area contributed by atoms with E-state index in [0.717, 1.165) is 27.2 Å². The summed E-state index contributed by atoms with van der Waals surface area (Å²) in [5.74, 6) is 0.988. The second-order valence-electron chi connectivity index (χ2n) is 5.63. The van der Waals surface area contributed by atoms with Crippen molar-refractivity contribution in [3.8, 4) is 5.75 Å². The predicted molar refractivity (Wildman–Crippen MR) is 96.8 cm³/mol. The zero-order chi connectivity index (χ0) is 16.7. The summed E-state index contributed by atoms with van der Waals surface area (Å²) in [4.78, 5) is 6.32. The molecule has 0 aliphatic carbocycles. The fourth-order valence-electron chi connectivity index (χ4n) is 2.98. The first kappa shape index (κ1) is 15.0. The molecule has 2 aromatic carbocycles. The van der Waals surface area contributed by atoms with Crippen molar-refractivity contribution >= 4 is 27.6 Å². The number of nitrogens with zero attached hydrogens (tertiary/aromatic N) is 4. The van der Waals surface area contributed by atoms with Crippen molar-refractivity contribution in [2.24, 2.45) is 0 Å². The van der Waals surface area contributed by atoms with E-state index in [2.05, 4.69) is 44.2 Å². The van der Waals surface area contributed by atoms with Gasteiger partial charge in [-0.15, -0.1) is 0 Å². The third-order valence-corrected chi connectivity index (χ3v) is 4.71. The Hall–Kier alpha value is -2.60. The van der Waals surface area contributed by atoms with Crippen LogP contribution in [0.2, 0.25) is 0 Å². The van der Waals surface area contributed by atoms with Crippen molar-refractivity contribution in [3.63, 3.8) is 0 Å². The van der Waals surface area contributed by atoms with Crippen LogP contribution < -0.4 is 4.90 Å². The maximum atomic E-state index is 10.3. The number of aromatic hydroxyl groups is 1. The van der Waals surface area contributed by atoms with Gasteiger partial charge in [0.25, 0.3) is 0 Å². The molecule has 120 valence electrons. The van der Waals surface area contributed by atoms with E-state index in [1.54, 1.807) is 12.4 Å². The maximum absolute atomic E-state index is 10.3. The van der Waals surface area contributed by atoms with E-state index in [9.17, 15) is 5.11 Å². The molecule has 6 heteroatoms. The number of aromatic nitrogens is 3. The third kappa shape index (κ3) is 2.39. The largest absolute Gasteiger partial charge is 0.507 e. The highest BCUT2D eigenvalue weighted by atomic mass is 79.9. The molecule has 5 nitrogen and oxygen atoms in total. The molecule has 3 aromatic rings. The molecular formula is C18H15BrN4O. The standard InChI is InChI=1S/C18H15BrN4O/c1-22-16(14-4-2-3-5-17(14)24)10-15(23-18(22)20-11-21-23)12-6-8-13(19)9-7-12/h2-11,15,24H,1H3. The Bertz CT molecular complexity index is 917.